The van der Waals surface area contributed by atoms with Crippen LogP contribution in [-0.4, -0.2) is 41.7 Å². The van der Waals surface area contributed by atoms with Gasteiger partial charge in [0.1, 0.15) is 0 Å². The Morgan fingerprint density at radius 1 is 1.25 bits per heavy atom. The van der Waals surface area contributed by atoms with E-state index in [2.05, 4.69) is 5.32 Å². The third-order valence-corrected chi connectivity index (χ3v) is 3.68. The van der Waals surface area contributed by atoms with Gasteiger partial charge in [0.25, 0.3) is 5.91 Å². The molecular weight excluding hydrogens is 312 g/mol. The number of hydrogen-bond acceptors (Lipinski definition) is 5. The number of esters is 1. The number of benzene rings is 1. The number of rotatable bonds is 6. The van der Waals surface area contributed by atoms with E-state index in [-0.39, 0.29) is 18.2 Å². The van der Waals surface area contributed by atoms with Crippen molar-refractivity contribution < 1.29 is 23.9 Å². The van der Waals surface area contributed by atoms with E-state index in [4.69, 9.17) is 4.74 Å². The third kappa shape index (κ3) is 4.91. The van der Waals surface area contributed by atoms with E-state index in [0.29, 0.717) is 19.4 Å². The molecule has 3 amide bonds. The molecule has 0 spiro atoms. The summed E-state index contributed by atoms with van der Waals surface area (Å²) >= 11 is 0. The fourth-order valence-electron chi connectivity index (χ4n) is 2.54. The summed E-state index contributed by atoms with van der Waals surface area (Å²) in [7, 11) is 0. The van der Waals surface area contributed by atoms with Gasteiger partial charge in [0.15, 0.2) is 6.61 Å². The highest BCUT2D eigenvalue weighted by Crippen LogP contribution is 2.17. The van der Waals surface area contributed by atoms with Crippen LogP contribution in [-0.2, 0) is 23.9 Å². The van der Waals surface area contributed by atoms with Crippen LogP contribution >= 0.6 is 0 Å². The molecule has 1 heterocycles. The topological polar surface area (TPSA) is 92.8 Å². The van der Waals surface area contributed by atoms with E-state index in [1.165, 1.54) is 6.92 Å². The predicted molar refractivity (Wildman–Crippen MR) is 84.5 cm³/mol. The molecule has 7 nitrogen and oxygen atoms in total. The molecule has 0 bridgehead atoms. The molecule has 24 heavy (non-hydrogen) atoms. The number of carbonyl (C=O) groups excluding carboxylic acids is 4. The average Bonchev–Trinajstić information content (AvgIpc) is 2.98. The van der Waals surface area contributed by atoms with Gasteiger partial charge in [-0.15, -0.1) is 0 Å². The lowest BCUT2D eigenvalue weighted by molar-refractivity contribution is -0.155. The van der Waals surface area contributed by atoms with Crippen LogP contribution in [0.4, 0.5) is 0 Å². The van der Waals surface area contributed by atoms with Crippen molar-refractivity contribution >= 4 is 23.7 Å². The summed E-state index contributed by atoms with van der Waals surface area (Å²) in [4.78, 5) is 47.7. The van der Waals surface area contributed by atoms with E-state index in [9.17, 15) is 19.2 Å². The summed E-state index contributed by atoms with van der Waals surface area (Å²) in [6.45, 7) is 1.27. The van der Waals surface area contributed by atoms with Crippen LogP contribution < -0.4 is 5.32 Å². The normalized spacial score (nSPS) is 15.0. The van der Waals surface area contributed by atoms with Gasteiger partial charge in [-0.25, -0.2) is 0 Å². The molecule has 1 atom stereocenters. The molecule has 0 saturated carbocycles. The Kier molecular flexibility index (Phi) is 6.06. The van der Waals surface area contributed by atoms with Crippen LogP contribution in [0.5, 0.6) is 0 Å². The number of nitrogens with zero attached hydrogens (tertiary/aromatic N) is 1. The van der Waals surface area contributed by atoms with Gasteiger partial charge in [-0.2, -0.15) is 0 Å². The Hall–Kier alpha value is -2.70. The quantitative estimate of drug-likeness (QED) is 0.783. The number of carbonyl (C=O) groups is 4. The maximum atomic E-state index is 12.0. The summed E-state index contributed by atoms with van der Waals surface area (Å²) in [6, 6.07) is 8.50. The first kappa shape index (κ1) is 17.7. The molecule has 1 aliphatic rings. The second-order valence-electron chi connectivity index (χ2n) is 5.57. The Morgan fingerprint density at radius 3 is 2.54 bits per heavy atom. The maximum Gasteiger partial charge on any atom is 0.308 e. The van der Waals surface area contributed by atoms with E-state index >= 15 is 0 Å². The standard InChI is InChI=1S/C17H20N2O5/c1-12(20)18-14(13-6-3-2-4-7-13)10-17(23)24-11-16(22)19-9-5-8-15(19)21/h2-4,6-7,14H,5,8-11H2,1H3,(H,18,20)/t14-/m0/s1. The summed E-state index contributed by atoms with van der Waals surface area (Å²) < 4.78 is 4.96. The summed E-state index contributed by atoms with van der Waals surface area (Å²) in [6.07, 6.45) is 0.889. The lowest BCUT2D eigenvalue weighted by Gasteiger charge is -2.18. The zero-order valence-corrected chi connectivity index (χ0v) is 13.5. The lowest BCUT2D eigenvalue weighted by Crippen LogP contribution is -2.36. The molecule has 0 aliphatic carbocycles. The smallest absolute Gasteiger partial charge is 0.308 e. The van der Waals surface area contributed by atoms with Crippen molar-refractivity contribution in [3.05, 3.63) is 35.9 Å². The largest absolute Gasteiger partial charge is 0.455 e. The second kappa shape index (κ2) is 8.24. The molecule has 1 saturated heterocycles. The zero-order chi connectivity index (χ0) is 17.5. The molecular formula is C17H20N2O5. The summed E-state index contributed by atoms with van der Waals surface area (Å²) in [5.41, 5.74) is 0.769. The van der Waals surface area contributed by atoms with E-state index in [1.54, 1.807) is 24.3 Å². The molecule has 1 aliphatic heterocycles. The molecule has 0 radical (unpaired) electrons. The van der Waals surface area contributed by atoms with Crippen molar-refractivity contribution in [1.29, 1.82) is 0 Å². The Morgan fingerprint density at radius 2 is 1.96 bits per heavy atom. The predicted octanol–water partition coefficient (Wildman–Crippen LogP) is 0.946. The number of nitrogens with one attached hydrogen (secondary N) is 1. The van der Waals surface area contributed by atoms with Crippen molar-refractivity contribution in [2.75, 3.05) is 13.2 Å². The van der Waals surface area contributed by atoms with E-state index in [0.717, 1.165) is 10.5 Å². The average molecular weight is 332 g/mol. The van der Waals surface area contributed by atoms with Crippen LogP contribution in [0.1, 0.15) is 37.8 Å². The highest BCUT2D eigenvalue weighted by atomic mass is 16.5. The van der Waals surface area contributed by atoms with Crippen molar-refractivity contribution in [2.45, 2.75) is 32.2 Å². The number of likely N-dealkylation sites (tertiary alicyclic amines) is 1. The number of amides is 3. The lowest BCUT2D eigenvalue weighted by atomic mass is 10.0. The third-order valence-electron chi connectivity index (χ3n) is 3.68. The van der Waals surface area contributed by atoms with Crippen LogP contribution in [0.2, 0.25) is 0 Å². The highest BCUT2D eigenvalue weighted by Gasteiger charge is 2.27. The number of imide groups is 1. The summed E-state index contributed by atoms with van der Waals surface area (Å²) in [5.74, 6) is -1.63. The minimum absolute atomic E-state index is 0.0924. The van der Waals surface area contributed by atoms with Crippen LogP contribution in [0.15, 0.2) is 30.3 Å². The Balaban J connectivity index is 1.89. The molecule has 1 fully saturated rings. The molecule has 7 heteroatoms. The van der Waals surface area contributed by atoms with Gasteiger partial charge < -0.3 is 10.1 Å². The minimum atomic E-state index is -0.613. The first-order valence-corrected chi connectivity index (χ1v) is 7.78. The van der Waals surface area contributed by atoms with Crippen molar-refractivity contribution in [2.24, 2.45) is 0 Å². The minimum Gasteiger partial charge on any atom is -0.455 e. The van der Waals surface area contributed by atoms with Crippen molar-refractivity contribution in [3.63, 3.8) is 0 Å². The molecule has 1 aromatic rings. The molecule has 2 rings (SSSR count). The molecule has 0 unspecified atom stereocenters. The molecule has 1 N–H and O–H groups in total. The van der Waals surface area contributed by atoms with Crippen molar-refractivity contribution in [3.8, 4) is 0 Å². The molecule has 0 aromatic heterocycles. The van der Waals surface area contributed by atoms with Crippen LogP contribution in [0.25, 0.3) is 0 Å². The van der Waals surface area contributed by atoms with Gasteiger partial charge in [-0.05, 0) is 12.0 Å². The SMILES string of the molecule is CC(=O)N[C@@H](CC(=O)OCC(=O)N1CCCC1=O)c1ccccc1. The highest BCUT2D eigenvalue weighted by molar-refractivity contribution is 5.97. The Labute approximate surface area is 140 Å². The van der Waals surface area contributed by atoms with Gasteiger partial charge in [0, 0.05) is 19.9 Å². The second-order valence-corrected chi connectivity index (χ2v) is 5.57. The fraction of sp³-hybridized carbons (Fsp3) is 0.412. The van der Waals surface area contributed by atoms with Crippen LogP contribution in [0, 0.1) is 0 Å². The van der Waals surface area contributed by atoms with Gasteiger partial charge >= 0.3 is 5.97 Å². The van der Waals surface area contributed by atoms with Gasteiger partial charge in [-0.3, -0.25) is 24.1 Å². The first-order chi connectivity index (χ1) is 11.5. The van der Waals surface area contributed by atoms with Crippen LogP contribution in [0.3, 0.4) is 0 Å². The monoisotopic (exact) mass is 332 g/mol. The fourth-order valence-corrected chi connectivity index (χ4v) is 2.54. The van der Waals surface area contributed by atoms with Crippen molar-refractivity contribution in [1.82, 2.24) is 10.2 Å². The van der Waals surface area contributed by atoms with Gasteiger partial charge in [-0.1, -0.05) is 30.3 Å². The van der Waals surface area contributed by atoms with E-state index in [1.807, 2.05) is 6.07 Å². The Bertz CT molecular complexity index is 629. The number of hydrogen-bond donors (Lipinski definition) is 1. The number of ether oxygens (including phenoxy) is 1. The maximum absolute atomic E-state index is 12.0. The van der Waals surface area contributed by atoms with E-state index < -0.39 is 24.5 Å². The van der Waals surface area contributed by atoms with Gasteiger partial charge in [0.05, 0.1) is 12.5 Å². The molecule has 128 valence electrons. The molecule has 1 aromatic carbocycles. The van der Waals surface area contributed by atoms with Gasteiger partial charge in [0.2, 0.25) is 11.8 Å². The zero-order valence-electron chi connectivity index (χ0n) is 13.5. The summed E-state index contributed by atoms with van der Waals surface area (Å²) in [5, 5.41) is 2.69. The first-order valence-electron chi connectivity index (χ1n) is 7.78.